The lowest BCUT2D eigenvalue weighted by molar-refractivity contribution is -0.112. The molecule has 1 aliphatic heterocycles. The van der Waals surface area contributed by atoms with Gasteiger partial charge >= 0.3 is 0 Å². The van der Waals surface area contributed by atoms with E-state index in [0.29, 0.717) is 28.8 Å². The molecule has 6 heteroatoms. The summed E-state index contributed by atoms with van der Waals surface area (Å²) >= 11 is 3.53. The van der Waals surface area contributed by atoms with Gasteiger partial charge in [-0.25, -0.2) is 0 Å². The molecule has 2 amide bonds. The van der Waals surface area contributed by atoms with Crippen LogP contribution in [-0.2, 0) is 4.79 Å². The molecule has 1 heterocycles. The Balaban J connectivity index is -0.000000282. The maximum atomic E-state index is 13.1. The van der Waals surface area contributed by atoms with Crippen molar-refractivity contribution in [2.45, 2.75) is 96.4 Å². The minimum Gasteiger partial charge on any atom is -0.322 e. The molecule has 1 aliphatic rings. The van der Waals surface area contributed by atoms with E-state index in [1.165, 1.54) is 5.57 Å². The van der Waals surface area contributed by atoms with Crippen LogP contribution < -0.4 is 10.6 Å². The second-order valence-electron chi connectivity index (χ2n) is 9.84. The van der Waals surface area contributed by atoms with Gasteiger partial charge in [-0.15, -0.1) is 12.3 Å². The van der Waals surface area contributed by atoms with Gasteiger partial charge in [0.15, 0.2) is 0 Å². The van der Waals surface area contributed by atoms with Crippen LogP contribution in [0.15, 0.2) is 84.6 Å². The molecule has 0 aliphatic carbocycles. The van der Waals surface area contributed by atoms with Crippen LogP contribution in [0.3, 0.4) is 0 Å². The van der Waals surface area contributed by atoms with Gasteiger partial charge in [-0.1, -0.05) is 108 Å². The normalized spacial score (nSPS) is 11.9. The molecular weight excluding hydrogens is 575 g/mol. The van der Waals surface area contributed by atoms with Crippen molar-refractivity contribution in [3.63, 3.8) is 0 Å². The maximum absolute atomic E-state index is 13.1. The summed E-state index contributed by atoms with van der Waals surface area (Å²) in [6.45, 7) is 35.9. The Morgan fingerprint density at radius 3 is 1.89 bits per heavy atom. The van der Waals surface area contributed by atoms with Crippen molar-refractivity contribution < 1.29 is 9.59 Å². The first-order valence-electron chi connectivity index (χ1n) is 16.0. The molecule has 0 saturated heterocycles. The van der Waals surface area contributed by atoms with Crippen LogP contribution in [0.5, 0.6) is 0 Å². The van der Waals surface area contributed by atoms with Crippen LogP contribution in [0.2, 0.25) is 0 Å². The predicted octanol–water partition coefficient (Wildman–Crippen LogP) is 10.5. The third-order valence-corrected chi connectivity index (χ3v) is 4.74. The number of terminal acetylenes is 1. The molecule has 0 atom stereocenters. The summed E-state index contributed by atoms with van der Waals surface area (Å²) in [5, 5.41) is 6.19. The SMILES string of the molecule is C#CC.C=C/C=C\C(=C/C)C(=O)Nc1ccc(C(=O)N2CCNCC(CC)=C2C=C)cc1.CC.CC.CC.CC(C)(C)C.CS. The smallest absolute Gasteiger partial charge is 0.258 e. The molecule has 0 fully saturated rings. The number of carbonyl (C=O) groups excluding carboxylic acids is 2. The number of nitrogens with zero attached hydrogens (tertiary/aromatic N) is 1. The third kappa shape index (κ3) is 26.8. The van der Waals surface area contributed by atoms with Crippen LogP contribution in [0, 0.1) is 17.8 Å². The zero-order chi connectivity index (χ0) is 36.4. The first-order chi connectivity index (χ1) is 21.5. The molecule has 0 radical (unpaired) electrons. The molecule has 256 valence electrons. The van der Waals surface area contributed by atoms with E-state index in [0.717, 1.165) is 25.2 Å². The van der Waals surface area contributed by atoms with E-state index in [9.17, 15) is 9.59 Å². The fourth-order valence-corrected chi connectivity index (χ4v) is 3.13. The Morgan fingerprint density at radius 2 is 1.51 bits per heavy atom. The van der Waals surface area contributed by atoms with E-state index >= 15 is 0 Å². The Hall–Kier alpha value is -3.27. The van der Waals surface area contributed by atoms with Gasteiger partial charge in [0.25, 0.3) is 11.8 Å². The van der Waals surface area contributed by atoms with Gasteiger partial charge in [-0.05, 0) is 73.9 Å². The summed E-state index contributed by atoms with van der Waals surface area (Å²) in [6.07, 6.45) is 15.7. The summed E-state index contributed by atoms with van der Waals surface area (Å²) < 4.78 is 0. The summed E-state index contributed by atoms with van der Waals surface area (Å²) in [5.41, 5.74) is 4.28. The summed E-state index contributed by atoms with van der Waals surface area (Å²) in [7, 11) is 0. The van der Waals surface area contributed by atoms with Gasteiger partial charge in [0.2, 0.25) is 0 Å². The van der Waals surface area contributed by atoms with Crippen LogP contribution in [0.1, 0.15) is 107 Å². The number of hydrogen-bond acceptors (Lipinski definition) is 4. The molecule has 5 nitrogen and oxygen atoms in total. The van der Waals surface area contributed by atoms with Gasteiger partial charge in [0.05, 0.1) is 0 Å². The number of thiol groups is 1. The van der Waals surface area contributed by atoms with E-state index in [2.05, 4.69) is 83.4 Å². The fourth-order valence-electron chi connectivity index (χ4n) is 3.13. The van der Waals surface area contributed by atoms with Crippen molar-refractivity contribution in [1.82, 2.24) is 10.2 Å². The average Bonchev–Trinajstić information content (AvgIpc) is 3.27. The van der Waals surface area contributed by atoms with Gasteiger partial charge in [-0.2, -0.15) is 12.6 Å². The van der Waals surface area contributed by atoms with Crippen LogP contribution in [0.25, 0.3) is 0 Å². The molecule has 0 spiro atoms. The third-order valence-electron chi connectivity index (χ3n) is 4.74. The molecular formula is C39H67N3O2S. The van der Waals surface area contributed by atoms with Crippen LogP contribution >= 0.6 is 12.6 Å². The lowest BCUT2D eigenvalue weighted by Gasteiger charge is -2.24. The summed E-state index contributed by atoms with van der Waals surface area (Å²) in [4.78, 5) is 27.2. The van der Waals surface area contributed by atoms with E-state index in [1.807, 2.05) is 41.5 Å². The monoisotopic (exact) mass is 641 g/mol. The van der Waals surface area contributed by atoms with Gasteiger partial charge in [0.1, 0.15) is 0 Å². The molecule has 0 bridgehead atoms. The van der Waals surface area contributed by atoms with Crippen molar-refractivity contribution >= 4 is 30.1 Å². The van der Waals surface area contributed by atoms with Gasteiger partial charge in [0, 0.05) is 42.2 Å². The summed E-state index contributed by atoms with van der Waals surface area (Å²) in [5.74, 6) is 1.96. The number of rotatable bonds is 7. The highest BCUT2D eigenvalue weighted by Crippen LogP contribution is 2.20. The van der Waals surface area contributed by atoms with E-state index in [-0.39, 0.29) is 11.8 Å². The number of nitrogens with one attached hydrogen (secondary N) is 2. The number of anilines is 1. The largest absolute Gasteiger partial charge is 0.322 e. The molecule has 0 unspecified atom stereocenters. The average molecular weight is 642 g/mol. The number of amides is 2. The molecule has 0 aromatic heterocycles. The fraction of sp³-hybridized carbons (Fsp3) is 0.487. The first kappa shape index (κ1) is 51.3. The molecule has 1 aromatic carbocycles. The Morgan fingerprint density at radius 1 is 1.04 bits per heavy atom. The first-order valence-corrected chi connectivity index (χ1v) is 16.9. The van der Waals surface area contributed by atoms with E-state index in [1.54, 1.807) is 79.6 Å². The highest BCUT2D eigenvalue weighted by Gasteiger charge is 2.22. The topological polar surface area (TPSA) is 61.4 Å². The Kier molecular flexibility index (Phi) is 40.2. The van der Waals surface area contributed by atoms with Crippen molar-refractivity contribution in [2.24, 2.45) is 5.41 Å². The number of allylic oxidation sites excluding steroid dienone is 4. The number of carbonyl (C=O) groups is 2. The molecule has 2 N–H and O–H groups in total. The lowest BCUT2D eigenvalue weighted by atomic mass is 10.0. The zero-order valence-electron chi connectivity index (χ0n) is 31.2. The predicted molar refractivity (Wildman–Crippen MR) is 208 cm³/mol. The van der Waals surface area contributed by atoms with Crippen LogP contribution in [0.4, 0.5) is 5.69 Å². The van der Waals surface area contributed by atoms with Gasteiger partial charge in [-0.3, -0.25) is 9.59 Å². The lowest BCUT2D eigenvalue weighted by Crippen LogP contribution is -2.33. The molecule has 45 heavy (non-hydrogen) atoms. The molecule has 1 aromatic rings. The number of hydrogen-bond donors (Lipinski definition) is 3. The quantitative estimate of drug-likeness (QED) is 0.120. The second-order valence-corrected chi connectivity index (χ2v) is 9.84. The maximum Gasteiger partial charge on any atom is 0.258 e. The van der Waals surface area contributed by atoms with Gasteiger partial charge < -0.3 is 15.5 Å². The zero-order valence-corrected chi connectivity index (χ0v) is 32.1. The minimum absolute atomic E-state index is 0.0736. The minimum atomic E-state index is -0.215. The Labute approximate surface area is 284 Å². The van der Waals surface area contributed by atoms with E-state index < -0.39 is 0 Å². The van der Waals surface area contributed by atoms with Crippen LogP contribution in [-0.4, -0.2) is 42.6 Å². The number of benzene rings is 1. The summed E-state index contributed by atoms with van der Waals surface area (Å²) in [6, 6.07) is 6.95. The van der Waals surface area contributed by atoms with Crippen molar-refractivity contribution in [1.29, 1.82) is 0 Å². The molecule has 0 saturated carbocycles. The molecule has 2 rings (SSSR count). The van der Waals surface area contributed by atoms with Crippen molar-refractivity contribution in [2.75, 3.05) is 31.2 Å². The second kappa shape index (κ2) is 35.2. The van der Waals surface area contributed by atoms with Crippen molar-refractivity contribution in [3.05, 3.63) is 90.2 Å². The highest BCUT2D eigenvalue weighted by atomic mass is 32.1. The standard InChI is InChI=1S/C24H29N3O2.C5H12.C3H4.3C2H6.CH4S/c1-5-9-10-18(6-2)23(28)26-21-13-11-20(12-14-21)24(29)27-16-15-25-17-19(7-3)22(27)8-4;1-5(2,3)4;1-3-2;4*1-2/h5-6,8-14,25H,1,4,7,15-17H2,2-3H3,(H,26,28);1-4H3;1H,2H3;3*1-2H3;2H,1H3/b10-9-,18-6+;;;;;;. The van der Waals surface area contributed by atoms with E-state index in [4.69, 9.17) is 0 Å². The van der Waals surface area contributed by atoms with Crippen molar-refractivity contribution in [3.8, 4) is 12.3 Å². The Bertz CT molecular complexity index is 1030. The highest BCUT2D eigenvalue weighted by molar-refractivity contribution is 7.79.